The third-order valence-corrected chi connectivity index (χ3v) is 9.37. The van der Waals surface area contributed by atoms with Crippen molar-refractivity contribution in [1.82, 2.24) is 15.5 Å². The number of guanidine groups is 1. The van der Waals surface area contributed by atoms with Gasteiger partial charge in [0.1, 0.15) is 11.6 Å². The molecule has 39 heavy (non-hydrogen) atoms. The first-order chi connectivity index (χ1) is 18.6. The second kappa shape index (κ2) is 11.2. The Kier molecular flexibility index (Phi) is 7.94. The van der Waals surface area contributed by atoms with E-state index in [2.05, 4.69) is 48.5 Å². The normalized spacial score (nSPS) is 28.0. The van der Waals surface area contributed by atoms with Gasteiger partial charge in [0, 0.05) is 49.5 Å². The molecule has 3 saturated carbocycles. The first-order valence-corrected chi connectivity index (χ1v) is 14.3. The number of fused-ring (bicyclic) bond motifs is 2. The number of nitrogens with one attached hydrogen (secondary N) is 3. The number of carbonyl (C=O) groups is 1. The molecule has 1 heterocycles. The van der Waals surface area contributed by atoms with Gasteiger partial charge < -0.3 is 20.9 Å². The standard InChI is InChI=1S/C31H41F2N5O/c1-19-18-38(14-13-34-19)30(37-28-16-23-15-26(20(28)2)31(23,3)4)36-25-9-6-22(7-10-25)29(39)35-12-11-21-5-8-24(32)17-27(21)33/h5-10,17,19-20,23,26,28,34H,11-16,18H2,1-4H3,(H,35,39)(H,36,37)/t19-,20-,23+,26-,28-/m0/s1. The van der Waals surface area contributed by atoms with E-state index in [1.165, 1.54) is 18.6 Å². The van der Waals surface area contributed by atoms with Gasteiger partial charge in [0.2, 0.25) is 0 Å². The first kappa shape index (κ1) is 27.6. The predicted octanol–water partition coefficient (Wildman–Crippen LogP) is 5.07. The van der Waals surface area contributed by atoms with Gasteiger partial charge in [0.05, 0.1) is 6.04 Å². The zero-order valence-corrected chi connectivity index (χ0v) is 23.4. The number of benzene rings is 2. The smallest absolute Gasteiger partial charge is 0.251 e. The van der Waals surface area contributed by atoms with E-state index in [0.717, 1.165) is 55.6 Å². The van der Waals surface area contributed by atoms with Gasteiger partial charge in [-0.15, -0.1) is 0 Å². The number of rotatable bonds is 6. The van der Waals surface area contributed by atoms with Crippen LogP contribution in [0.25, 0.3) is 0 Å². The Bertz CT molecular complexity index is 1210. The Hall–Kier alpha value is -3.00. The summed E-state index contributed by atoms with van der Waals surface area (Å²) in [6.45, 7) is 12.4. The van der Waals surface area contributed by atoms with Gasteiger partial charge in [-0.05, 0) is 85.3 Å². The van der Waals surface area contributed by atoms with Crippen LogP contribution in [0.5, 0.6) is 0 Å². The lowest BCUT2D eigenvalue weighted by molar-refractivity contribution is -0.108. The van der Waals surface area contributed by atoms with Crippen molar-refractivity contribution in [3.63, 3.8) is 0 Å². The van der Waals surface area contributed by atoms with Gasteiger partial charge in [-0.25, -0.2) is 13.8 Å². The average molecular weight is 538 g/mol. The molecule has 1 saturated heterocycles. The molecular formula is C31H41F2N5O. The van der Waals surface area contributed by atoms with E-state index in [9.17, 15) is 13.6 Å². The number of carbonyl (C=O) groups excluding carboxylic acids is 1. The maximum atomic E-state index is 13.9. The van der Waals surface area contributed by atoms with Gasteiger partial charge >= 0.3 is 0 Å². The van der Waals surface area contributed by atoms with Crippen molar-refractivity contribution < 1.29 is 13.6 Å². The highest BCUT2D eigenvalue weighted by atomic mass is 19.1. The van der Waals surface area contributed by atoms with Crippen molar-refractivity contribution in [2.24, 2.45) is 28.2 Å². The third-order valence-electron chi connectivity index (χ3n) is 9.37. The van der Waals surface area contributed by atoms with E-state index < -0.39 is 11.6 Å². The van der Waals surface area contributed by atoms with E-state index in [0.29, 0.717) is 41.0 Å². The Morgan fingerprint density at radius 3 is 2.56 bits per heavy atom. The largest absolute Gasteiger partial charge is 0.352 e. The molecule has 2 aromatic rings. The van der Waals surface area contributed by atoms with Crippen LogP contribution in [-0.4, -0.2) is 55.0 Å². The summed E-state index contributed by atoms with van der Waals surface area (Å²) in [5.74, 6) is 1.50. The minimum atomic E-state index is -0.609. The molecule has 4 aliphatic rings. The van der Waals surface area contributed by atoms with E-state index in [1.807, 2.05) is 12.1 Å². The second-order valence-corrected chi connectivity index (χ2v) is 12.2. The molecule has 5 atom stereocenters. The molecule has 6 rings (SSSR count). The molecular weight excluding hydrogens is 496 g/mol. The fourth-order valence-corrected chi connectivity index (χ4v) is 6.74. The fourth-order valence-electron chi connectivity index (χ4n) is 6.74. The molecule has 210 valence electrons. The molecule has 0 unspecified atom stereocenters. The molecule has 0 spiro atoms. The molecule has 3 aliphatic carbocycles. The molecule has 0 radical (unpaired) electrons. The van der Waals surface area contributed by atoms with E-state index in [1.54, 1.807) is 12.1 Å². The van der Waals surface area contributed by atoms with E-state index in [-0.39, 0.29) is 12.5 Å². The summed E-state index contributed by atoms with van der Waals surface area (Å²) in [6.07, 6.45) is 2.76. The minimum absolute atomic E-state index is 0.230. The van der Waals surface area contributed by atoms with Gasteiger partial charge in [-0.1, -0.05) is 26.8 Å². The lowest BCUT2D eigenvalue weighted by Gasteiger charge is -2.61. The van der Waals surface area contributed by atoms with Crippen LogP contribution in [0.2, 0.25) is 0 Å². The van der Waals surface area contributed by atoms with Gasteiger partial charge in [0.25, 0.3) is 5.91 Å². The number of halogens is 2. The van der Waals surface area contributed by atoms with Gasteiger partial charge in [-0.3, -0.25) is 4.79 Å². The van der Waals surface area contributed by atoms with Crippen molar-refractivity contribution in [3.05, 3.63) is 65.2 Å². The SMILES string of the molecule is C[C@@H]1[C@@H](N=C(Nc2ccc(C(=O)NCCc3ccc(F)cc3F)cc2)N2CCN[C@@H](C)C2)C[C@H]2C[C@@H]1C2(C)C. The van der Waals surface area contributed by atoms with Crippen molar-refractivity contribution in [1.29, 1.82) is 0 Å². The maximum absolute atomic E-state index is 13.9. The highest BCUT2D eigenvalue weighted by molar-refractivity contribution is 5.96. The number of hydrogen-bond acceptors (Lipinski definition) is 3. The summed E-state index contributed by atoms with van der Waals surface area (Å²) >= 11 is 0. The number of piperazine rings is 1. The van der Waals surface area contributed by atoms with Crippen LogP contribution in [0.1, 0.15) is 56.5 Å². The van der Waals surface area contributed by atoms with Crippen LogP contribution in [0.3, 0.4) is 0 Å². The Balaban J connectivity index is 1.24. The highest BCUT2D eigenvalue weighted by Gasteiger charge is 2.56. The summed E-state index contributed by atoms with van der Waals surface area (Å²) in [6, 6.07) is 11.6. The molecule has 2 aromatic carbocycles. The van der Waals surface area contributed by atoms with E-state index in [4.69, 9.17) is 4.99 Å². The monoisotopic (exact) mass is 537 g/mol. The lowest BCUT2D eigenvalue weighted by Crippen LogP contribution is -2.57. The van der Waals surface area contributed by atoms with Crippen LogP contribution < -0.4 is 16.0 Å². The summed E-state index contributed by atoms with van der Waals surface area (Å²) in [7, 11) is 0. The number of anilines is 1. The van der Waals surface area contributed by atoms with Crippen molar-refractivity contribution in [3.8, 4) is 0 Å². The number of hydrogen-bond donors (Lipinski definition) is 3. The molecule has 8 heteroatoms. The van der Waals surface area contributed by atoms with Crippen molar-refractivity contribution in [2.45, 2.75) is 59.0 Å². The van der Waals surface area contributed by atoms with Crippen molar-refractivity contribution >= 4 is 17.6 Å². The van der Waals surface area contributed by atoms with Crippen LogP contribution in [-0.2, 0) is 6.42 Å². The van der Waals surface area contributed by atoms with Crippen LogP contribution >= 0.6 is 0 Å². The van der Waals surface area contributed by atoms with Gasteiger partial charge in [0.15, 0.2) is 5.96 Å². The molecule has 1 amide bonds. The molecule has 2 bridgehead atoms. The summed E-state index contributed by atoms with van der Waals surface area (Å²) < 4.78 is 27.0. The summed E-state index contributed by atoms with van der Waals surface area (Å²) in [5, 5.41) is 9.91. The third kappa shape index (κ3) is 5.96. The quantitative estimate of drug-likeness (QED) is 0.356. The summed E-state index contributed by atoms with van der Waals surface area (Å²) in [4.78, 5) is 20.3. The Morgan fingerprint density at radius 2 is 1.90 bits per heavy atom. The molecule has 0 aromatic heterocycles. The highest BCUT2D eigenvalue weighted by Crippen LogP contribution is 2.61. The minimum Gasteiger partial charge on any atom is -0.352 e. The summed E-state index contributed by atoms with van der Waals surface area (Å²) in [5.41, 5.74) is 2.21. The zero-order valence-electron chi connectivity index (χ0n) is 23.4. The molecule has 4 fully saturated rings. The van der Waals surface area contributed by atoms with Crippen molar-refractivity contribution in [2.75, 3.05) is 31.5 Å². The van der Waals surface area contributed by atoms with Crippen LogP contribution in [0.4, 0.5) is 14.5 Å². The molecule has 6 nitrogen and oxygen atoms in total. The molecule has 1 aliphatic heterocycles. The Morgan fingerprint density at radius 1 is 1.13 bits per heavy atom. The van der Waals surface area contributed by atoms with Crippen LogP contribution in [0, 0.1) is 34.8 Å². The fraction of sp³-hybridized carbons (Fsp3) is 0.548. The van der Waals surface area contributed by atoms with Gasteiger partial charge in [-0.2, -0.15) is 0 Å². The molecule has 3 N–H and O–H groups in total. The lowest BCUT2D eigenvalue weighted by atomic mass is 9.45. The second-order valence-electron chi connectivity index (χ2n) is 12.2. The average Bonchev–Trinajstić information content (AvgIpc) is 2.90. The predicted molar refractivity (Wildman–Crippen MR) is 152 cm³/mol. The first-order valence-electron chi connectivity index (χ1n) is 14.3. The maximum Gasteiger partial charge on any atom is 0.251 e. The Labute approximate surface area is 230 Å². The number of aliphatic imine (C=N–C) groups is 1. The topological polar surface area (TPSA) is 68.8 Å². The number of amides is 1. The van der Waals surface area contributed by atoms with Crippen LogP contribution in [0.15, 0.2) is 47.5 Å². The number of nitrogens with zero attached hydrogens (tertiary/aromatic N) is 2. The zero-order chi connectivity index (χ0) is 27.7. The van der Waals surface area contributed by atoms with E-state index >= 15 is 0 Å².